The zero-order chi connectivity index (χ0) is 16.1. The Bertz CT molecular complexity index is 520. The Balaban J connectivity index is 1.67. The lowest BCUT2D eigenvalue weighted by Gasteiger charge is -2.33. The minimum atomic E-state index is 0.499. The maximum absolute atomic E-state index is 10.8. The summed E-state index contributed by atoms with van der Waals surface area (Å²) in [6.07, 6.45) is 8.64. The number of hydrogen-bond acceptors (Lipinski definition) is 5. The zero-order valence-corrected chi connectivity index (χ0v) is 14.0. The molecule has 23 heavy (non-hydrogen) atoms. The Kier molecular flexibility index (Phi) is 5.31. The first kappa shape index (κ1) is 16.0. The molecule has 6 heteroatoms. The van der Waals surface area contributed by atoms with Gasteiger partial charge in [-0.1, -0.05) is 25.7 Å². The smallest absolute Gasteiger partial charge is 0.225 e. The largest absolute Gasteiger partial charge is 0.353 e. The highest BCUT2D eigenvalue weighted by atomic mass is 16.1. The molecule has 1 aliphatic carbocycles. The number of rotatable bonds is 4. The molecule has 2 aliphatic rings. The molecule has 1 amide bonds. The lowest BCUT2D eigenvalue weighted by atomic mass is 10.1. The van der Waals surface area contributed by atoms with Crippen LogP contribution in [-0.4, -0.2) is 53.5 Å². The van der Waals surface area contributed by atoms with E-state index in [2.05, 4.69) is 15.2 Å². The number of amides is 1. The normalized spacial score (nSPS) is 20.2. The lowest BCUT2D eigenvalue weighted by molar-refractivity contribution is -0.118. The summed E-state index contributed by atoms with van der Waals surface area (Å²) in [4.78, 5) is 24.2. The van der Waals surface area contributed by atoms with Crippen molar-refractivity contribution in [2.45, 2.75) is 51.5 Å². The van der Waals surface area contributed by atoms with Gasteiger partial charge in [-0.15, -0.1) is 0 Å². The lowest BCUT2D eigenvalue weighted by Crippen LogP contribution is -2.46. The van der Waals surface area contributed by atoms with E-state index in [9.17, 15) is 4.79 Å². The van der Waals surface area contributed by atoms with Gasteiger partial charge in [0.2, 0.25) is 12.4 Å². The Morgan fingerprint density at radius 3 is 2.43 bits per heavy atom. The second kappa shape index (κ2) is 7.62. The van der Waals surface area contributed by atoms with Crippen LogP contribution in [-0.2, 0) is 4.79 Å². The monoisotopic (exact) mass is 317 g/mol. The SMILES string of the molecule is Cc1cc(N2CCN(C=O)CC2)nc(NC2CCCCCC2)n1. The number of carbonyl (C=O) groups is 1. The molecule has 1 aliphatic heterocycles. The molecule has 0 aromatic carbocycles. The topological polar surface area (TPSA) is 61.4 Å². The summed E-state index contributed by atoms with van der Waals surface area (Å²) in [5, 5.41) is 3.55. The van der Waals surface area contributed by atoms with Crippen LogP contribution in [0.25, 0.3) is 0 Å². The molecule has 2 fully saturated rings. The van der Waals surface area contributed by atoms with Crippen molar-refractivity contribution in [1.29, 1.82) is 0 Å². The van der Waals surface area contributed by atoms with Crippen LogP contribution < -0.4 is 10.2 Å². The van der Waals surface area contributed by atoms with Crippen LogP contribution >= 0.6 is 0 Å². The molecule has 1 aromatic rings. The predicted octanol–water partition coefficient (Wildman–Crippen LogP) is 2.20. The summed E-state index contributed by atoms with van der Waals surface area (Å²) in [5.74, 6) is 1.73. The van der Waals surface area contributed by atoms with Crippen molar-refractivity contribution in [3.05, 3.63) is 11.8 Å². The van der Waals surface area contributed by atoms with Crippen LogP contribution in [0.3, 0.4) is 0 Å². The summed E-state index contributed by atoms with van der Waals surface area (Å²) in [5.41, 5.74) is 0.990. The number of hydrogen-bond donors (Lipinski definition) is 1. The fourth-order valence-corrected chi connectivity index (χ4v) is 3.44. The molecule has 1 saturated carbocycles. The molecule has 6 nitrogen and oxygen atoms in total. The van der Waals surface area contributed by atoms with E-state index in [-0.39, 0.29) is 0 Å². The first-order chi connectivity index (χ1) is 11.2. The van der Waals surface area contributed by atoms with Crippen molar-refractivity contribution in [2.24, 2.45) is 0 Å². The van der Waals surface area contributed by atoms with Crippen LogP contribution in [0.2, 0.25) is 0 Å². The van der Waals surface area contributed by atoms with Gasteiger partial charge in [-0.2, -0.15) is 4.98 Å². The van der Waals surface area contributed by atoms with Crippen LogP contribution in [0, 0.1) is 6.92 Å². The highest BCUT2D eigenvalue weighted by molar-refractivity contribution is 5.50. The summed E-state index contributed by atoms with van der Waals surface area (Å²) in [7, 11) is 0. The quantitative estimate of drug-likeness (QED) is 0.681. The molecule has 3 rings (SSSR count). The molecular formula is C17H27N5O. The summed E-state index contributed by atoms with van der Waals surface area (Å²) >= 11 is 0. The maximum atomic E-state index is 10.8. The van der Waals surface area contributed by atoms with Gasteiger partial charge >= 0.3 is 0 Å². The molecule has 0 unspecified atom stereocenters. The Morgan fingerprint density at radius 2 is 1.78 bits per heavy atom. The van der Waals surface area contributed by atoms with Gasteiger partial charge in [0.1, 0.15) is 5.82 Å². The highest BCUT2D eigenvalue weighted by Crippen LogP contribution is 2.22. The number of aryl methyl sites for hydroxylation is 1. The molecule has 0 radical (unpaired) electrons. The first-order valence-corrected chi connectivity index (χ1v) is 8.81. The molecule has 1 aromatic heterocycles. The number of anilines is 2. The molecular weight excluding hydrogens is 290 g/mol. The van der Waals surface area contributed by atoms with Crippen molar-refractivity contribution in [1.82, 2.24) is 14.9 Å². The number of nitrogens with one attached hydrogen (secondary N) is 1. The average molecular weight is 317 g/mol. The van der Waals surface area contributed by atoms with E-state index in [1.54, 1.807) is 0 Å². The molecule has 1 N–H and O–H groups in total. The van der Waals surface area contributed by atoms with Gasteiger partial charge in [-0.05, 0) is 19.8 Å². The molecule has 0 bridgehead atoms. The Hall–Kier alpha value is -1.85. The van der Waals surface area contributed by atoms with Crippen molar-refractivity contribution >= 4 is 18.2 Å². The maximum Gasteiger partial charge on any atom is 0.225 e. The minimum absolute atomic E-state index is 0.499. The van der Waals surface area contributed by atoms with Crippen molar-refractivity contribution in [3.8, 4) is 0 Å². The second-order valence-electron chi connectivity index (χ2n) is 6.65. The number of piperazine rings is 1. The molecule has 1 saturated heterocycles. The number of nitrogens with zero attached hydrogens (tertiary/aromatic N) is 4. The van der Waals surface area contributed by atoms with E-state index in [4.69, 9.17) is 4.98 Å². The third-order valence-electron chi connectivity index (χ3n) is 4.82. The van der Waals surface area contributed by atoms with Crippen molar-refractivity contribution < 1.29 is 4.79 Å². The van der Waals surface area contributed by atoms with Crippen molar-refractivity contribution in [2.75, 3.05) is 36.4 Å². The fraction of sp³-hybridized carbons (Fsp3) is 0.706. The van der Waals surface area contributed by atoms with Gasteiger partial charge < -0.3 is 15.1 Å². The van der Waals surface area contributed by atoms with Gasteiger partial charge in [-0.3, -0.25) is 4.79 Å². The Labute approximate surface area is 138 Å². The summed E-state index contributed by atoms with van der Waals surface area (Å²) in [6, 6.07) is 2.54. The molecule has 0 atom stereocenters. The number of aromatic nitrogens is 2. The van der Waals surface area contributed by atoms with E-state index in [1.165, 1.54) is 38.5 Å². The summed E-state index contributed by atoms with van der Waals surface area (Å²) < 4.78 is 0. The fourth-order valence-electron chi connectivity index (χ4n) is 3.44. The van der Waals surface area contributed by atoms with Gasteiger partial charge in [0.25, 0.3) is 0 Å². The van der Waals surface area contributed by atoms with Gasteiger partial charge in [0, 0.05) is 44.0 Å². The van der Waals surface area contributed by atoms with E-state index in [0.717, 1.165) is 50.0 Å². The van der Waals surface area contributed by atoms with Crippen LogP contribution in [0.1, 0.15) is 44.2 Å². The van der Waals surface area contributed by atoms with Gasteiger partial charge in [0.05, 0.1) is 0 Å². The van der Waals surface area contributed by atoms with Crippen LogP contribution in [0.5, 0.6) is 0 Å². The second-order valence-corrected chi connectivity index (χ2v) is 6.65. The first-order valence-electron chi connectivity index (χ1n) is 8.81. The van der Waals surface area contributed by atoms with Crippen LogP contribution in [0.15, 0.2) is 6.07 Å². The minimum Gasteiger partial charge on any atom is -0.353 e. The molecule has 126 valence electrons. The molecule has 0 spiro atoms. The average Bonchev–Trinajstić information content (AvgIpc) is 2.83. The highest BCUT2D eigenvalue weighted by Gasteiger charge is 2.19. The molecule has 2 heterocycles. The standard InChI is InChI=1S/C17H27N5O/c1-14-12-16(22-10-8-21(13-23)9-11-22)20-17(18-14)19-15-6-4-2-3-5-7-15/h12-13,15H,2-11H2,1H3,(H,18,19,20). The van der Waals surface area contributed by atoms with E-state index in [1.807, 2.05) is 17.9 Å². The Morgan fingerprint density at radius 1 is 1.09 bits per heavy atom. The summed E-state index contributed by atoms with van der Waals surface area (Å²) in [6.45, 7) is 5.21. The van der Waals surface area contributed by atoms with E-state index in [0.29, 0.717) is 6.04 Å². The van der Waals surface area contributed by atoms with Crippen molar-refractivity contribution in [3.63, 3.8) is 0 Å². The number of carbonyl (C=O) groups excluding carboxylic acids is 1. The third kappa shape index (κ3) is 4.33. The van der Waals surface area contributed by atoms with E-state index >= 15 is 0 Å². The van der Waals surface area contributed by atoms with Crippen LogP contribution in [0.4, 0.5) is 11.8 Å². The third-order valence-corrected chi connectivity index (χ3v) is 4.82. The van der Waals surface area contributed by atoms with Gasteiger partial charge in [0.15, 0.2) is 0 Å². The van der Waals surface area contributed by atoms with Gasteiger partial charge in [-0.25, -0.2) is 4.98 Å². The van der Waals surface area contributed by atoms with E-state index < -0.39 is 0 Å². The zero-order valence-electron chi connectivity index (χ0n) is 14.0. The predicted molar refractivity (Wildman–Crippen MR) is 91.7 cm³/mol.